The van der Waals surface area contributed by atoms with Crippen molar-refractivity contribution < 1.29 is 13.9 Å². The minimum absolute atomic E-state index is 0.0952. The fourth-order valence-corrected chi connectivity index (χ4v) is 2.54. The smallest absolute Gasteiger partial charge is 0.292 e. The third-order valence-electron chi connectivity index (χ3n) is 3.72. The number of pyridine rings is 1. The molecule has 1 saturated carbocycles. The molecule has 5 nitrogen and oxygen atoms in total. The molecular weight excluding hydrogens is 275 g/mol. The number of rotatable bonds is 3. The minimum atomic E-state index is -0.520. The van der Waals surface area contributed by atoms with Gasteiger partial charge in [-0.3, -0.25) is 4.79 Å². The molecule has 1 aromatic heterocycles. The first kappa shape index (κ1) is 13.4. The van der Waals surface area contributed by atoms with Crippen LogP contribution in [0.5, 0.6) is 11.5 Å². The zero-order valence-electron chi connectivity index (χ0n) is 11.6. The van der Waals surface area contributed by atoms with Gasteiger partial charge in [0.2, 0.25) is 11.2 Å². The van der Waals surface area contributed by atoms with E-state index in [4.69, 9.17) is 14.7 Å². The molecule has 1 aromatic carbocycles. The van der Waals surface area contributed by atoms with Crippen molar-refractivity contribution in [2.24, 2.45) is 0 Å². The Morgan fingerprint density at radius 1 is 1.48 bits per heavy atom. The molecule has 108 valence electrons. The molecule has 0 bridgehead atoms. The highest BCUT2D eigenvalue weighted by Crippen LogP contribution is 2.41. The van der Waals surface area contributed by atoms with Gasteiger partial charge in [-0.05, 0) is 25.8 Å². The summed E-state index contributed by atoms with van der Waals surface area (Å²) in [5, 5.41) is 8.80. The normalized spacial score (nSPS) is 14.0. The summed E-state index contributed by atoms with van der Waals surface area (Å²) in [5.41, 5.74) is 0.391. The van der Waals surface area contributed by atoms with Gasteiger partial charge in [-0.25, -0.2) is 4.39 Å². The van der Waals surface area contributed by atoms with Gasteiger partial charge in [-0.15, -0.1) is 5.26 Å². The number of methoxy groups -OCH3 is 1. The van der Waals surface area contributed by atoms with Crippen LogP contribution in [0.2, 0.25) is 0 Å². The number of fused-ring (bicyclic) bond motifs is 1. The van der Waals surface area contributed by atoms with E-state index >= 15 is 0 Å². The third kappa shape index (κ3) is 2.02. The molecule has 0 unspecified atom stereocenters. The maximum atomic E-state index is 14.0. The number of ether oxygens (including phenoxy) is 2. The number of hydrogen-bond acceptors (Lipinski definition) is 4. The van der Waals surface area contributed by atoms with Crippen LogP contribution in [-0.2, 0) is 0 Å². The first-order valence-electron chi connectivity index (χ1n) is 6.56. The second kappa shape index (κ2) is 4.77. The van der Waals surface area contributed by atoms with E-state index in [9.17, 15) is 9.18 Å². The van der Waals surface area contributed by atoms with Crippen LogP contribution >= 0.6 is 0 Å². The predicted octanol–water partition coefficient (Wildman–Crippen LogP) is 2.65. The van der Waals surface area contributed by atoms with Crippen molar-refractivity contribution >= 4 is 10.9 Å². The maximum Gasteiger partial charge on any atom is 0.292 e. The zero-order chi connectivity index (χ0) is 15.1. The van der Waals surface area contributed by atoms with Crippen LogP contribution in [0, 0.1) is 24.3 Å². The lowest BCUT2D eigenvalue weighted by Crippen LogP contribution is -2.13. The number of hydrogen-bond donors (Lipinski definition) is 0. The molecule has 0 saturated heterocycles. The van der Waals surface area contributed by atoms with E-state index in [1.807, 2.05) is 4.57 Å². The summed E-state index contributed by atoms with van der Waals surface area (Å²) < 4.78 is 25.9. The SMILES string of the molecule is COc1c(C)c(F)cc2c(=O)c(OC#N)cn(C3CC3)c12. The van der Waals surface area contributed by atoms with Crippen LogP contribution in [0.15, 0.2) is 17.1 Å². The molecule has 0 amide bonds. The Balaban J connectivity index is 2.47. The van der Waals surface area contributed by atoms with Crippen molar-refractivity contribution in [3.05, 3.63) is 33.9 Å². The van der Waals surface area contributed by atoms with Crippen LogP contribution in [0.25, 0.3) is 10.9 Å². The Morgan fingerprint density at radius 3 is 2.76 bits per heavy atom. The summed E-state index contributed by atoms with van der Waals surface area (Å²) in [6.45, 7) is 1.61. The molecule has 0 radical (unpaired) electrons. The van der Waals surface area contributed by atoms with Crippen LogP contribution < -0.4 is 14.9 Å². The molecule has 21 heavy (non-hydrogen) atoms. The number of halogens is 1. The average Bonchev–Trinajstić information content (AvgIpc) is 3.29. The predicted molar refractivity (Wildman–Crippen MR) is 74.0 cm³/mol. The summed E-state index contributed by atoms with van der Waals surface area (Å²) >= 11 is 0. The van der Waals surface area contributed by atoms with Gasteiger partial charge in [0.25, 0.3) is 6.26 Å². The summed E-state index contributed by atoms with van der Waals surface area (Å²) in [6.07, 6.45) is 4.92. The maximum absolute atomic E-state index is 14.0. The van der Waals surface area contributed by atoms with E-state index in [0.717, 1.165) is 12.8 Å². The van der Waals surface area contributed by atoms with E-state index in [1.165, 1.54) is 25.6 Å². The van der Waals surface area contributed by atoms with Gasteiger partial charge in [0.05, 0.1) is 24.2 Å². The Bertz CT molecular complexity index is 832. The van der Waals surface area contributed by atoms with E-state index in [0.29, 0.717) is 16.8 Å². The molecule has 3 rings (SSSR count). The topological polar surface area (TPSA) is 64.2 Å². The largest absolute Gasteiger partial charge is 0.494 e. The summed E-state index contributed by atoms with van der Waals surface area (Å²) in [4.78, 5) is 12.3. The summed E-state index contributed by atoms with van der Waals surface area (Å²) in [6, 6.07) is 1.39. The summed E-state index contributed by atoms with van der Waals surface area (Å²) in [7, 11) is 1.45. The minimum Gasteiger partial charge on any atom is -0.494 e. The lowest BCUT2D eigenvalue weighted by Gasteiger charge is -2.16. The molecule has 0 spiro atoms. The fourth-order valence-electron chi connectivity index (χ4n) is 2.54. The highest BCUT2D eigenvalue weighted by molar-refractivity contribution is 5.87. The Labute approximate surface area is 120 Å². The molecule has 1 aliphatic carbocycles. The molecule has 1 fully saturated rings. The van der Waals surface area contributed by atoms with Crippen LogP contribution in [0.4, 0.5) is 4.39 Å². The van der Waals surface area contributed by atoms with E-state index in [2.05, 4.69) is 0 Å². The van der Waals surface area contributed by atoms with E-state index in [1.54, 1.807) is 6.92 Å². The van der Waals surface area contributed by atoms with Crippen molar-refractivity contribution in [3.8, 4) is 17.8 Å². The van der Waals surface area contributed by atoms with Gasteiger partial charge >= 0.3 is 0 Å². The summed E-state index contributed by atoms with van der Waals surface area (Å²) in [5.74, 6) is -0.271. The first-order chi connectivity index (χ1) is 10.1. The Morgan fingerprint density at radius 2 is 2.19 bits per heavy atom. The van der Waals surface area contributed by atoms with Gasteiger partial charge in [-0.1, -0.05) is 0 Å². The number of nitriles is 1. The van der Waals surface area contributed by atoms with Crippen molar-refractivity contribution in [2.75, 3.05) is 7.11 Å². The highest BCUT2D eigenvalue weighted by atomic mass is 19.1. The van der Waals surface area contributed by atoms with Crippen molar-refractivity contribution in [1.82, 2.24) is 4.57 Å². The fraction of sp³-hybridized carbons (Fsp3) is 0.333. The van der Waals surface area contributed by atoms with E-state index in [-0.39, 0.29) is 17.2 Å². The van der Waals surface area contributed by atoms with Crippen molar-refractivity contribution in [3.63, 3.8) is 0 Å². The number of nitrogens with zero attached hydrogens (tertiary/aromatic N) is 2. The molecule has 6 heteroatoms. The average molecular weight is 288 g/mol. The molecule has 0 aliphatic heterocycles. The lowest BCUT2D eigenvalue weighted by molar-refractivity contribution is 0.409. The third-order valence-corrected chi connectivity index (χ3v) is 3.72. The van der Waals surface area contributed by atoms with Crippen molar-refractivity contribution in [2.45, 2.75) is 25.8 Å². The standard InChI is InChI=1S/C15H13FN2O3/c1-8-11(16)5-10-13(15(8)20-2)18(9-3-4-9)6-12(14(10)19)21-7-17/h5-6,9H,3-4H2,1-2H3. The van der Waals surface area contributed by atoms with Gasteiger partial charge < -0.3 is 14.0 Å². The van der Waals surface area contributed by atoms with Gasteiger partial charge in [0.15, 0.2) is 0 Å². The second-order valence-electron chi connectivity index (χ2n) is 5.07. The molecule has 1 heterocycles. The van der Waals surface area contributed by atoms with Crippen molar-refractivity contribution in [1.29, 1.82) is 5.26 Å². The number of benzene rings is 1. The first-order valence-corrected chi connectivity index (χ1v) is 6.56. The van der Waals surface area contributed by atoms with E-state index < -0.39 is 11.2 Å². The Hall–Kier alpha value is -2.55. The zero-order valence-corrected chi connectivity index (χ0v) is 11.6. The van der Waals surface area contributed by atoms with Crippen LogP contribution in [-0.4, -0.2) is 11.7 Å². The second-order valence-corrected chi connectivity index (χ2v) is 5.07. The van der Waals surface area contributed by atoms with Gasteiger partial charge in [-0.2, -0.15) is 0 Å². The van der Waals surface area contributed by atoms with Crippen LogP contribution in [0.1, 0.15) is 24.4 Å². The molecule has 0 atom stereocenters. The monoisotopic (exact) mass is 288 g/mol. The number of aromatic nitrogens is 1. The van der Waals surface area contributed by atoms with Gasteiger partial charge in [0, 0.05) is 11.6 Å². The molecule has 2 aromatic rings. The molecule has 0 N–H and O–H groups in total. The van der Waals surface area contributed by atoms with Crippen LogP contribution in [0.3, 0.4) is 0 Å². The highest BCUT2D eigenvalue weighted by Gasteiger charge is 2.28. The lowest BCUT2D eigenvalue weighted by atomic mass is 10.1. The van der Waals surface area contributed by atoms with Gasteiger partial charge in [0.1, 0.15) is 11.6 Å². The molecule has 1 aliphatic rings. The Kier molecular flexibility index (Phi) is 3.05. The molecular formula is C15H13FN2O3. The quantitative estimate of drug-likeness (QED) is 0.814.